The number of nitrogens with one attached hydrogen (secondary N) is 1. The molecule has 0 spiro atoms. The van der Waals surface area contributed by atoms with Crippen LogP contribution in [0.15, 0.2) is 0 Å². The zero-order valence-corrected chi connectivity index (χ0v) is 6.68. The highest BCUT2D eigenvalue weighted by Gasteiger charge is 2.14. The van der Waals surface area contributed by atoms with Crippen LogP contribution in [0.1, 0.15) is 20.8 Å². The molecule has 0 rings (SSSR count). The summed E-state index contributed by atoms with van der Waals surface area (Å²) in [6.07, 6.45) is -0.356. The maximum absolute atomic E-state index is 9.19. The van der Waals surface area contributed by atoms with Crippen LogP contribution in [-0.2, 0) is 0 Å². The van der Waals surface area contributed by atoms with Crippen LogP contribution >= 0.6 is 0 Å². The minimum absolute atomic E-state index is 0.329. The lowest BCUT2D eigenvalue weighted by Gasteiger charge is -2.21. The van der Waals surface area contributed by atoms with Crippen molar-refractivity contribution in [3.63, 3.8) is 0 Å². The molecule has 0 fully saturated rings. The Balaban J connectivity index is 3.58. The molecule has 0 radical (unpaired) electrons. The van der Waals surface area contributed by atoms with E-state index in [1.54, 1.807) is 7.05 Å². The van der Waals surface area contributed by atoms with Gasteiger partial charge in [0, 0.05) is 0 Å². The van der Waals surface area contributed by atoms with Gasteiger partial charge in [0.15, 0.2) is 0 Å². The number of aliphatic hydroxyl groups excluding tert-OH is 1. The van der Waals surface area contributed by atoms with Gasteiger partial charge in [0.05, 0.1) is 0 Å². The first-order valence-corrected chi connectivity index (χ1v) is 3.45. The third-order valence-electron chi connectivity index (χ3n) is 1.85. The fourth-order valence-electron chi connectivity index (χ4n) is 0.627. The van der Waals surface area contributed by atoms with Crippen molar-refractivity contribution in [1.82, 2.24) is 5.32 Å². The SMILES string of the molecule is CNC(O)[C@@H](C)C(C)C. The lowest BCUT2D eigenvalue weighted by atomic mass is 9.96. The van der Waals surface area contributed by atoms with Crippen LogP contribution in [-0.4, -0.2) is 18.4 Å². The molecule has 0 saturated carbocycles. The molecule has 9 heavy (non-hydrogen) atoms. The first-order valence-electron chi connectivity index (χ1n) is 3.45. The van der Waals surface area contributed by atoms with Gasteiger partial charge in [0.2, 0.25) is 0 Å². The fourth-order valence-corrected chi connectivity index (χ4v) is 0.627. The van der Waals surface area contributed by atoms with Gasteiger partial charge in [-0.3, -0.25) is 5.32 Å². The monoisotopic (exact) mass is 131 g/mol. The van der Waals surface area contributed by atoms with E-state index >= 15 is 0 Å². The van der Waals surface area contributed by atoms with Crippen LogP contribution in [0.25, 0.3) is 0 Å². The van der Waals surface area contributed by atoms with Crippen molar-refractivity contribution in [2.75, 3.05) is 7.05 Å². The topological polar surface area (TPSA) is 32.3 Å². The van der Waals surface area contributed by atoms with E-state index in [1.165, 1.54) is 0 Å². The Hall–Kier alpha value is -0.0800. The van der Waals surface area contributed by atoms with Crippen LogP contribution < -0.4 is 5.32 Å². The largest absolute Gasteiger partial charge is 0.378 e. The molecular weight excluding hydrogens is 114 g/mol. The third kappa shape index (κ3) is 2.82. The van der Waals surface area contributed by atoms with Crippen LogP contribution in [0.5, 0.6) is 0 Å². The van der Waals surface area contributed by atoms with Gasteiger partial charge >= 0.3 is 0 Å². The van der Waals surface area contributed by atoms with Crippen molar-refractivity contribution < 1.29 is 5.11 Å². The molecule has 0 heterocycles. The molecule has 0 aromatic rings. The predicted molar refractivity (Wildman–Crippen MR) is 39.1 cm³/mol. The second-order valence-corrected chi connectivity index (χ2v) is 2.84. The van der Waals surface area contributed by atoms with E-state index in [9.17, 15) is 5.11 Å². The van der Waals surface area contributed by atoms with Crippen molar-refractivity contribution in [3.8, 4) is 0 Å². The molecule has 56 valence electrons. The number of hydrogen-bond donors (Lipinski definition) is 2. The standard InChI is InChI=1S/C7H17NO/c1-5(2)6(3)7(9)8-4/h5-9H,1-4H3/t6-,7?/m0/s1. The molecule has 0 saturated heterocycles. The third-order valence-corrected chi connectivity index (χ3v) is 1.85. The van der Waals surface area contributed by atoms with Crippen molar-refractivity contribution in [1.29, 1.82) is 0 Å². The predicted octanol–water partition coefficient (Wildman–Crippen LogP) is 0.816. The minimum Gasteiger partial charge on any atom is -0.378 e. The molecule has 2 heteroatoms. The first-order chi connectivity index (χ1) is 4.09. The molecule has 2 N–H and O–H groups in total. The Morgan fingerprint density at radius 2 is 1.67 bits per heavy atom. The lowest BCUT2D eigenvalue weighted by Crippen LogP contribution is -2.34. The first kappa shape index (κ1) is 8.92. The van der Waals surface area contributed by atoms with Crippen LogP contribution in [0.3, 0.4) is 0 Å². The average Bonchev–Trinajstić information content (AvgIpc) is 1.84. The summed E-state index contributed by atoms with van der Waals surface area (Å²) in [5.74, 6) is 0.863. The number of aliphatic hydroxyl groups is 1. The van der Waals surface area contributed by atoms with Gasteiger partial charge in [-0.25, -0.2) is 0 Å². The molecule has 0 aromatic carbocycles. The number of hydrogen-bond acceptors (Lipinski definition) is 2. The Labute approximate surface area is 57.3 Å². The van der Waals surface area contributed by atoms with E-state index in [-0.39, 0.29) is 6.23 Å². The maximum Gasteiger partial charge on any atom is 0.107 e. The van der Waals surface area contributed by atoms with Crippen molar-refractivity contribution in [2.24, 2.45) is 11.8 Å². The highest BCUT2D eigenvalue weighted by molar-refractivity contribution is 4.62. The van der Waals surface area contributed by atoms with Gasteiger partial charge in [-0.1, -0.05) is 20.8 Å². The summed E-state index contributed by atoms with van der Waals surface area (Å²) in [6.45, 7) is 6.24. The molecule has 0 aliphatic rings. The molecule has 2 nitrogen and oxygen atoms in total. The van der Waals surface area contributed by atoms with Crippen molar-refractivity contribution in [3.05, 3.63) is 0 Å². The van der Waals surface area contributed by atoms with E-state index in [1.807, 2.05) is 6.92 Å². The smallest absolute Gasteiger partial charge is 0.107 e. The zero-order valence-electron chi connectivity index (χ0n) is 6.68. The van der Waals surface area contributed by atoms with E-state index < -0.39 is 0 Å². The highest BCUT2D eigenvalue weighted by Crippen LogP contribution is 2.11. The Morgan fingerprint density at radius 1 is 1.22 bits per heavy atom. The summed E-state index contributed by atoms with van der Waals surface area (Å²) < 4.78 is 0. The van der Waals surface area contributed by atoms with E-state index in [2.05, 4.69) is 19.2 Å². The van der Waals surface area contributed by atoms with E-state index in [0.29, 0.717) is 11.8 Å². The van der Waals surface area contributed by atoms with Gasteiger partial charge in [-0.05, 0) is 18.9 Å². The second kappa shape index (κ2) is 3.85. The molecule has 0 bridgehead atoms. The van der Waals surface area contributed by atoms with Crippen molar-refractivity contribution in [2.45, 2.75) is 27.0 Å². The van der Waals surface area contributed by atoms with Gasteiger partial charge in [0.25, 0.3) is 0 Å². The quantitative estimate of drug-likeness (QED) is 0.556. The normalized spacial score (nSPS) is 18.0. The average molecular weight is 131 g/mol. The van der Waals surface area contributed by atoms with Crippen LogP contribution in [0.2, 0.25) is 0 Å². The second-order valence-electron chi connectivity index (χ2n) is 2.84. The summed E-state index contributed by atoms with van der Waals surface area (Å²) in [7, 11) is 1.77. The molecule has 1 unspecified atom stereocenters. The van der Waals surface area contributed by atoms with Gasteiger partial charge in [0.1, 0.15) is 6.23 Å². The molecule has 2 atom stereocenters. The minimum atomic E-state index is -0.356. The lowest BCUT2D eigenvalue weighted by molar-refractivity contribution is 0.0684. The van der Waals surface area contributed by atoms with Crippen LogP contribution in [0.4, 0.5) is 0 Å². The number of rotatable bonds is 3. The van der Waals surface area contributed by atoms with E-state index in [0.717, 1.165) is 0 Å². The summed E-state index contributed by atoms with van der Waals surface area (Å²) in [5, 5.41) is 12.0. The molecule has 0 aliphatic carbocycles. The molecule has 0 aromatic heterocycles. The Morgan fingerprint density at radius 3 is 1.78 bits per heavy atom. The molecule has 0 aliphatic heterocycles. The van der Waals surface area contributed by atoms with Crippen molar-refractivity contribution >= 4 is 0 Å². The molecular formula is C7H17NO. The summed E-state index contributed by atoms with van der Waals surface area (Å²) >= 11 is 0. The van der Waals surface area contributed by atoms with Crippen LogP contribution in [0, 0.1) is 11.8 Å². The molecule has 0 amide bonds. The highest BCUT2D eigenvalue weighted by atomic mass is 16.3. The summed E-state index contributed by atoms with van der Waals surface area (Å²) in [4.78, 5) is 0. The van der Waals surface area contributed by atoms with Gasteiger partial charge in [-0.15, -0.1) is 0 Å². The Kier molecular flexibility index (Phi) is 3.82. The van der Waals surface area contributed by atoms with Gasteiger partial charge in [-0.2, -0.15) is 0 Å². The summed E-state index contributed by atoms with van der Waals surface area (Å²) in [6, 6.07) is 0. The fraction of sp³-hybridized carbons (Fsp3) is 1.00. The van der Waals surface area contributed by atoms with E-state index in [4.69, 9.17) is 0 Å². The zero-order chi connectivity index (χ0) is 7.44. The van der Waals surface area contributed by atoms with Gasteiger partial charge < -0.3 is 5.11 Å². The Bertz CT molecular complexity index is 73.3. The maximum atomic E-state index is 9.19. The summed E-state index contributed by atoms with van der Waals surface area (Å²) in [5.41, 5.74) is 0.